The number of rotatable bonds is 5. The number of amides is 1. The molecule has 3 rings (SSSR count). The number of aromatic nitrogens is 1. The predicted octanol–water partition coefficient (Wildman–Crippen LogP) is 3.70. The van der Waals surface area contributed by atoms with Crippen molar-refractivity contribution in [3.8, 4) is 10.6 Å². The summed E-state index contributed by atoms with van der Waals surface area (Å²) in [7, 11) is -3.23. The number of hydrogen-bond acceptors (Lipinski definition) is 5. The summed E-state index contributed by atoms with van der Waals surface area (Å²) in [4.78, 5) is 17.1. The first-order valence-electron chi connectivity index (χ1n) is 7.96. The van der Waals surface area contributed by atoms with Gasteiger partial charge in [0.2, 0.25) is 0 Å². The monoisotopic (exact) mass is 386 g/mol. The summed E-state index contributed by atoms with van der Waals surface area (Å²) < 4.78 is 23.0. The van der Waals surface area contributed by atoms with Gasteiger partial charge in [-0.1, -0.05) is 42.5 Å². The van der Waals surface area contributed by atoms with Gasteiger partial charge in [-0.3, -0.25) is 4.79 Å². The Kier molecular flexibility index (Phi) is 5.20. The average molecular weight is 386 g/mol. The fourth-order valence-electron chi connectivity index (χ4n) is 2.45. The molecule has 1 heterocycles. The Bertz CT molecular complexity index is 1010. The van der Waals surface area contributed by atoms with Crippen molar-refractivity contribution in [1.82, 2.24) is 10.3 Å². The van der Waals surface area contributed by atoms with E-state index in [0.29, 0.717) is 5.69 Å². The number of nitrogens with one attached hydrogen (secondary N) is 1. The van der Waals surface area contributed by atoms with E-state index < -0.39 is 9.84 Å². The highest BCUT2D eigenvalue weighted by atomic mass is 32.2. The highest BCUT2D eigenvalue weighted by Gasteiger charge is 2.16. The van der Waals surface area contributed by atoms with Crippen LogP contribution in [-0.4, -0.2) is 25.6 Å². The van der Waals surface area contributed by atoms with E-state index in [9.17, 15) is 13.2 Å². The first-order valence-corrected chi connectivity index (χ1v) is 10.7. The standard InChI is InChI=1S/C19H18N2O3S2/c1-13(14-8-10-16(11-9-14)26(2,23)24)20-18(22)17-12-25-19(21-17)15-6-4-3-5-7-15/h3-13H,1-2H3,(H,20,22)/t13-/m0/s1. The molecular weight excluding hydrogens is 368 g/mol. The van der Waals surface area contributed by atoms with E-state index in [2.05, 4.69) is 10.3 Å². The summed E-state index contributed by atoms with van der Waals surface area (Å²) >= 11 is 1.42. The molecule has 7 heteroatoms. The Hall–Kier alpha value is -2.51. The van der Waals surface area contributed by atoms with Gasteiger partial charge in [-0.2, -0.15) is 0 Å². The second kappa shape index (κ2) is 7.39. The first kappa shape index (κ1) is 18.3. The lowest BCUT2D eigenvalue weighted by Gasteiger charge is -2.14. The number of nitrogens with zero attached hydrogens (tertiary/aromatic N) is 1. The zero-order valence-corrected chi connectivity index (χ0v) is 16.0. The van der Waals surface area contributed by atoms with Crippen LogP contribution in [0.2, 0.25) is 0 Å². The molecule has 0 saturated heterocycles. The van der Waals surface area contributed by atoms with Crippen LogP contribution >= 0.6 is 11.3 Å². The highest BCUT2D eigenvalue weighted by Crippen LogP contribution is 2.24. The smallest absolute Gasteiger partial charge is 0.271 e. The van der Waals surface area contributed by atoms with Crippen LogP contribution in [0.1, 0.15) is 29.0 Å². The van der Waals surface area contributed by atoms with Gasteiger partial charge in [-0.05, 0) is 24.6 Å². The molecule has 1 aromatic heterocycles. The summed E-state index contributed by atoms with van der Waals surface area (Å²) in [5, 5.41) is 5.42. The maximum Gasteiger partial charge on any atom is 0.271 e. The maximum atomic E-state index is 12.4. The van der Waals surface area contributed by atoms with Crippen molar-refractivity contribution in [2.24, 2.45) is 0 Å². The number of carbonyl (C=O) groups excluding carboxylic acids is 1. The van der Waals surface area contributed by atoms with Crippen LogP contribution in [0, 0.1) is 0 Å². The fraction of sp³-hybridized carbons (Fsp3) is 0.158. The van der Waals surface area contributed by atoms with Gasteiger partial charge in [0.25, 0.3) is 5.91 Å². The minimum Gasteiger partial charge on any atom is -0.344 e. The van der Waals surface area contributed by atoms with Gasteiger partial charge in [0, 0.05) is 17.2 Å². The molecule has 0 radical (unpaired) electrons. The second-order valence-electron chi connectivity index (χ2n) is 5.94. The lowest BCUT2D eigenvalue weighted by Crippen LogP contribution is -2.26. The van der Waals surface area contributed by atoms with Gasteiger partial charge < -0.3 is 5.32 Å². The third kappa shape index (κ3) is 4.17. The van der Waals surface area contributed by atoms with E-state index in [1.807, 2.05) is 37.3 Å². The summed E-state index contributed by atoms with van der Waals surface area (Å²) in [6.07, 6.45) is 1.17. The van der Waals surface area contributed by atoms with Crippen LogP contribution in [0.3, 0.4) is 0 Å². The van der Waals surface area contributed by atoms with Crippen LogP contribution in [0.25, 0.3) is 10.6 Å². The molecule has 3 aromatic rings. The molecule has 0 aliphatic carbocycles. The number of benzene rings is 2. The van der Waals surface area contributed by atoms with Crippen LogP contribution in [0.5, 0.6) is 0 Å². The van der Waals surface area contributed by atoms with Crippen LogP contribution in [0.15, 0.2) is 64.9 Å². The molecular formula is C19H18N2O3S2. The van der Waals surface area contributed by atoms with E-state index in [1.165, 1.54) is 17.6 Å². The summed E-state index contributed by atoms with van der Waals surface area (Å²) in [5.74, 6) is -0.261. The molecule has 0 unspecified atom stereocenters. The minimum absolute atomic E-state index is 0.256. The predicted molar refractivity (Wildman–Crippen MR) is 103 cm³/mol. The number of hydrogen-bond donors (Lipinski definition) is 1. The molecule has 26 heavy (non-hydrogen) atoms. The van der Waals surface area contributed by atoms with Gasteiger partial charge in [0.15, 0.2) is 9.84 Å². The topological polar surface area (TPSA) is 76.1 Å². The van der Waals surface area contributed by atoms with Crippen molar-refractivity contribution in [3.05, 3.63) is 71.2 Å². The van der Waals surface area contributed by atoms with Crippen molar-refractivity contribution in [2.45, 2.75) is 17.9 Å². The molecule has 0 aliphatic heterocycles. The van der Waals surface area contributed by atoms with Gasteiger partial charge in [0.1, 0.15) is 10.7 Å². The minimum atomic E-state index is -3.23. The first-order chi connectivity index (χ1) is 12.3. The quantitative estimate of drug-likeness (QED) is 0.725. The summed E-state index contributed by atoms with van der Waals surface area (Å²) in [5.41, 5.74) is 2.17. The zero-order valence-electron chi connectivity index (χ0n) is 14.3. The Morgan fingerprint density at radius 3 is 2.35 bits per heavy atom. The molecule has 0 aliphatic rings. The third-order valence-corrected chi connectivity index (χ3v) is 5.93. The van der Waals surface area contributed by atoms with Crippen LogP contribution in [-0.2, 0) is 9.84 Å². The molecule has 0 fully saturated rings. The number of sulfone groups is 1. The van der Waals surface area contributed by atoms with Crippen molar-refractivity contribution < 1.29 is 13.2 Å². The lowest BCUT2D eigenvalue weighted by molar-refractivity contribution is 0.0935. The van der Waals surface area contributed by atoms with Gasteiger partial charge in [-0.15, -0.1) is 11.3 Å². The zero-order chi connectivity index (χ0) is 18.7. The number of carbonyl (C=O) groups is 1. The van der Waals surface area contributed by atoms with Crippen molar-refractivity contribution in [1.29, 1.82) is 0 Å². The Morgan fingerprint density at radius 1 is 1.08 bits per heavy atom. The molecule has 134 valence electrons. The summed E-state index contributed by atoms with van der Waals surface area (Å²) in [6, 6.07) is 15.9. The van der Waals surface area contributed by atoms with Gasteiger partial charge in [0.05, 0.1) is 10.9 Å². The molecule has 1 atom stereocenters. The normalized spacial score (nSPS) is 12.5. The molecule has 0 saturated carbocycles. The Balaban J connectivity index is 1.71. The van der Waals surface area contributed by atoms with Crippen molar-refractivity contribution >= 4 is 27.1 Å². The second-order valence-corrected chi connectivity index (χ2v) is 8.81. The largest absolute Gasteiger partial charge is 0.344 e. The molecule has 1 N–H and O–H groups in total. The van der Waals surface area contributed by atoms with Gasteiger partial charge in [-0.25, -0.2) is 13.4 Å². The van der Waals surface area contributed by atoms with Gasteiger partial charge >= 0.3 is 0 Å². The van der Waals surface area contributed by atoms with Crippen LogP contribution < -0.4 is 5.32 Å². The third-order valence-electron chi connectivity index (χ3n) is 3.91. The van der Waals surface area contributed by atoms with E-state index in [-0.39, 0.29) is 16.8 Å². The molecule has 0 spiro atoms. The average Bonchev–Trinajstić information content (AvgIpc) is 3.12. The van der Waals surface area contributed by atoms with E-state index in [1.54, 1.807) is 29.6 Å². The van der Waals surface area contributed by atoms with E-state index in [0.717, 1.165) is 16.1 Å². The SMILES string of the molecule is C[C@H](NC(=O)c1csc(-c2ccccc2)n1)c1ccc(S(C)(=O)=O)cc1. The molecule has 1 amide bonds. The Labute approximate surface area is 156 Å². The molecule has 2 aromatic carbocycles. The lowest BCUT2D eigenvalue weighted by atomic mass is 10.1. The van der Waals surface area contributed by atoms with E-state index >= 15 is 0 Å². The fourth-order valence-corrected chi connectivity index (χ4v) is 3.89. The summed E-state index contributed by atoms with van der Waals surface area (Å²) in [6.45, 7) is 1.85. The maximum absolute atomic E-state index is 12.4. The molecule has 5 nitrogen and oxygen atoms in total. The van der Waals surface area contributed by atoms with Crippen LogP contribution in [0.4, 0.5) is 0 Å². The number of thiazole rings is 1. The highest BCUT2D eigenvalue weighted by molar-refractivity contribution is 7.90. The Morgan fingerprint density at radius 2 is 1.73 bits per heavy atom. The molecule has 0 bridgehead atoms. The van der Waals surface area contributed by atoms with E-state index in [4.69, 9.17) is 0 Å². The van der Waals surface area contributed by atoms with Crippen molar-refractivity contribution in [3.63, 3.8) is 0 Å². The van der Waals surface area contributed by atoms with Crippen molar-refractivity contribution in [2.75, 3.05) is 6.26 Å².